The van der Waals surface area contributed by atoms with E-state index in [-0.39, 0.29) is 0 Å². The second kappa shape index (κ2) is 4.24. The quantitative estimate of drug-likeness (QED) is 0.592. The van der Waals surface area contributed by atoms with Gasteiger partial charge in [0.05, 0.1) is 13.2 Å². The zero-order valence-electron chi connectivity index (χ0n) is 7.67. The van der Waals surface area contributed by atoms with Crippen molar-refractivity contribution in [2.45, 2.75) is 38.1 Å². The molecule has 0 N–H and O–H groups in total. The van der Waals surface area contributed by atoms with Crippen LogP contribution in [0.15, 0.2) is 0 Å². The van der Waals surface area contributed by atoms with Crippen molar-refractivity contribution in [2.75, 3.05) is 19.7 Å². The van der Waals surface area contributed by atoms with Crippen LogP contribution in [-0.4, -0.2) is 30.6 Å². The maximum absolute atomic E-state index is 5.37. The summed E-state index contributed by atoms with van der Waals surface area (Å²) in [5.41, 5.74) is 0. The summed E-state index contributed by atoms with van der Waals surface area (Å²) in [6.45, 7) is 5.49. The van der Waals surface area contributed by atoms with Crippen molar-refractivity contribution in [1.82, 2.24) is 4.90 Å². The Labute approximate surface area is 74.9 Å². The maximum atomic E-state index is 5.37. The molecule has 0 aliphatic carbocycles. The fourth-order valence-corrected chi connectivity index (χ4v) is 2.18. The molecule has 0 aromatic rings. The van der Waals surface area contributed by atoms with E-state index in [1.807, 2.05) is 6.61 Å². The van der Waals surface area contributed by atoms with Gasteiger partial charge in [-0.2, -0.15) is 0 Å². The summed E-state index contributed by atoms with van der Waals surface area (Å²) in [6.07, 6.45) is 6.65. The van der Waals surface area contributed by atoms with Gasteiger partial charge in [-0.05, 0) is 38.8 Å². The number of rotatable bonds is 1. The van der Waals surface area contributed by atoms with Crippen LogP contribution in [-0.2, 0) is 4.74 Å². The van der Waals surface area contributed by atoms with E-state index in [9.17, 15) is 0 Å². The van der Waals surface area contributed by atoms with Crippen LogP contribution in [0.1, 0.15) is 32.1 Å². The summed E-state index contributed by atoms with van der Waals surface area (Å²) in [5.74, 6) is 0. The minimum Gasteiger partial charge on any atom is -0.374 e. The first kappa shape index (κ1) is 8.52. The summed E-state index contributed by atoms with van der Waals surface area (Å²) in [4.78, 5) is 2.61. The molecule has 1 atom stereocenters. The Morgan fingerprint density at radius 1 is 1.17 bits per heavy atom. The molecule has 0 amide bonds. The monoisotopic (exact) mass is 168 g/mol. The van der Waals surface area contributed by atoms with Crippen molar-refractivity contribution in [3.63, 3.8) is 0 Å². The molecule has 1 unspecified atom stereocenters. The third-order valence-corrected chi connectivity index (χ3v) is 2.93. The van der Waals surface area contributed by atoms with Gasteiger partial charge in [0.2, 0.25) is 0 Å². The molecule has 0 aromatic heterocycles. The molecule has 0 bridgehead atoms. The van der Waals surface area contributed by atoms with Gasteiger partial charge in [-0.1, -0.05) is 6.42 Å². The second-order valence-corrected chi connectivity index (χ2v) is 3.83. The Morgan fingerprint density at radius 2 is 2.00 bits per heavy atom. The highest BCUT2D eigenvalue weighted by Gasteiger charge is 2.22. The summed E-state index contributed by atoms with van der Waals surface area (Å²) < 4.78 is 5.37. The van der Waals surface area contributed by atoms with Crippen molar-refractivity contribution in [2.24, 2.45) is 0 Å². The molecule has 2 fully saturated rings. The Kier molecular flexibility index (Phi) is 3.01. The molecule has 1 radical (unpaired) electrons. The fraction of sp³-hybridized carbons (Fsp3) is 0.900. The lowest BCUT2D eigenvalue weighted by Gasteiger charge is -2.36. The SMILES string of the molecule is [CH]1CCC(N2CCCCC2)CO1. The first-order valence-corrected chi connectivity index (χ1v) is 5.14. The van der Waals surface area contributed by atoms with Crippen molar-refractivity contribution >= 4 is 0 Å². The topological polar surface area (TPSA) is 12.5 Å². The van der Waals surface area contributed by atoms with Gasteiger partial charge in [0.15, 0.2) is 0 Å². The number of likely N-dealkylation sites (tertiary alicyclic amines) is 1. The average molecular weight is 168 g/mol. The summed E-state index contributed by atoms with van der Waals surface area (Å²) >= 11 is 0. The van der Waals surface area contributed by atoms with Crippen LogP contribution in [0.3, 0.4) is 0 Å². The third-order valence-electron chi connectivity index (χ3n) is 2.93. The molecular weight excluding hydrogens is 150 g/mol. The van der Waals surface area contributed by atoms with E-state index in [4.69, 9.17) is 4.74 Å². The predicted octanol–water partition coefficient (Wildman–Crippen LogP) is 1.81. The molecule has 2 aliphatic heterocycles. The number of hydrogen-bond acceptors (Lipinski definition) is 2. The van der Waals surface area contributed by atoms with Crippen molar-refractivity contribution in [1.29, 1.82) is 0 Å². The number of piperidine rings is 1. The van der Waals surface area contributed by atoms with Crippen LogP contribution < -0.4 is 0 Å². The highest BCUT2D eigenvalue weighted by Crippen LogP contribution is 2.19. The van der Waals surface area contributed by atoms with Crippen LogP contribution in [0, 0.1) is 6.61 Å². The highest BCUT2D eigenvalue weighted by molar-refractivity contribution is 4.79. The van der Waals surface area contributed by atoms with Gasteiger partial charge in [-0.15, -0.1) is 0 Å². The number of hydrogen-bond donors (Lipinski definition) is 0. The standard InChI is InChI=1S/C10H18NO/c1-2-6-11(7-3-1)10-5-4-8-12-9-10/h8,10H,1-7,9H2. The summed E-state index contributed by atoms with van der Waals surface area (Å²) in [6, 6.07) is 0.718. The minimum absolute atomic E-state index is 0.718. The summed E-state index contributed by atoms with van der Waals surface area (Å²) in [7, 11) is 0. The molecule has 2 heteroatoms. The van der Waals surface area contributed by atoms with Crippen LogP contribution in [0.4, 0.5) is 0 Å². The van der Waals surface area contributed by atoms with Gasteiger partial charge >= 0.3 is 0 Å². The van der Waals surface area contributed by atoms with Gasteiger partial charge in [0.25, 0.3) is 0 Å². The van der Waals surface area contributed by atoms with Crippen LogP contribution >= 0.6 is 0 Å². The van der Waals surface area contributed by atoms with E-state index in [0.717, 1.165) is 19.1 Å². The van der Waals surface area contributed by atoms with Crippen molar-refractivity contribution < 1.29 is 4.74 Å². The molecule has 2 saturated heterocycles. The molecule has 12 heavy (non-hydrogen) atoms. The van der Waals surface area contributed by atoms with E-state index in [1.165, 1.54) is 38.8 Å². The minimum atomic E-state index is 0.718. The zero-order valence-corrected chi connectivity index (χ0v) is 7.67. The van der Waals surface area contributed by atoms with E-state index < -0.39 is 0 Å². The maximum Gasteiger partial charge on any atom is 0.0838 e. The first-order chi connectivity index (χ1) is 5.97. The molecule has 0 aromatic carbocycles. The summed E-state index contributed by atoms with van der Waals surface area (Å²) in [5, 5.41) is 0. The second-order valence-electron chi connectivity index (χ2n) is 3.83. The van der Waals surface area contributed by atoms with Gasteiger partial charge in [0, 0.05) is 6.04 Å². The van der Waals surface area contributed by atoms with E-state index in [1.54, 1.807) is 0 Å². The van der Waals surface area contributed by atoms with Gasteiger partial charge in [0.1, 0.15) is 0 Å². The normalized spacial score (nSPS) is 33.5. The Balaban J connectivity index is 1.80. The van der Waals surface area contributed by atoms with E-state index in [2.05, 4.69) is 4.90 Å². The molecular formula is C10H18NO. The molecule has 0 saturated carbocycles. The Bertz CT molecular complexity index is 110. The van der Waals surface area contributed by atoms with E-state index >= 15 is 0 Å². The molecule has 69 valence electrons. The molecule has 0 spiro atoms. The molecule has 2 aliphatic rings. The predicted molar refractivity (Wildman–Crippen MR) is 48.7 cm³/mol. The van der Waals surface area contributed by atoms with Gasteiger partial charge < -0.3 is 4.74 Å². The Morgan fingerprint density at radius 3 is 2.67 bits per heavy atom. The molecule has 2 nitrogen and oxygen atoms in total. The zero-order chi connectivity index (χ0) is 8.23. The molecule has 2 rings (SSSR count). The number of ether oxygens (including phenoxy) is 1. The van der Waals surface area contributed by atoms with Crippen molar-refractivity contribution in [3.05, 3.63) is 6.61 Å². The third kappa shape index (κ3) is 1.99. The van der Waals surface area contributed by atoms with Crippen LogP contribution in [0.2, 0.25) is 0 Å². The molecule has 2 heterocycles. The lowest BCUT2D eigenvalue weighted by atomic mass is 10.0. The number of nitrogens with zero attached hydrogens (tertiary/aromatic N) is 1. The first-order valence-electron chi connectivity index (χ1n) is 5.14. The average Bonchev–Trinajstić information content (AvgIpc) is 2.21. The smallest absolute Gasteiger partial charge is 0.0838 e. The van der Waals surface area contributed by atoms with Gasteiger partial charge in [-0.3, -0.25) is 4.90 Å². The van der Waals surface area contributed by atoms with E-state index in [0.29, 0.717) is 0 Å². The largest absolute Gasteiger partial charge is 0.374 e. The highest BCUT2D eigenvalue weighted by atomic mass is 16.5. The lowest BCUT2D eigenvalue weighted by Crippen LogP contribution is -2.43. The Hall–Kier alpha value is -0.0800. The van der Waals surface area contributed by atoms with Gasteiger partial charge in [-0.25, -0.2) is 0 Å². The lowest BCUT2D eigenvalue weighted by molar-refractivity contribution is 0.0430. The van der Waals surface area contributed by atoms with Crippen molar-refractivity contribution in [3.8, 4) is 0 Å². The fourth-order valence-electron chi connectivity index (χ4n) is 2.18. The van der Waals surface area contributed by atoms with Crippen LogP contribution in [0.5, 0.6) is 0 Å². The van der Waals surface area contributed by atoms with Crippen LogP contribution in [0.25, 0.3) is 0 Å².